The second-order valence-corrected chi connectivity index (χ2v) is 5.66. The maximum Gasteiger partial charge on any atom is 0.147 e. The Morgan fingerprint density at radius 2 is 1.87 bits per heavy atom. The van der Waals surface area contributed by atoms with E-state index in [0.717, 1.165) is 16.0 Å². The van der Waals surface area contributed by atoms with Crippen molar-refractivity contribution in [1.82, 2.24) is 9.97 Å². The molecule has 0 N–H and O–H groups in total. The van der Waals surface area contributed by atoms with Crippen LogP contribution in [-0.2, 0) is 5.41 Å². The molecule has 1 heterocycles. The van der Waals surface area contributed by atoms with Crippen molar-refractivity contribution in [2.45, 2.75) is 44.9 Å². The summed E-state index contributed by atoms with van der Waals surface area (Å²) in [6.45, 7) is 4.19. The molecule has 1 saturated carbocycles. The van der Waals surface area contributed by atoms with Crippen molar-refractivity contribution in [2.75, 3.05) is 0 Å². The minimum atomic E-state index is 0.134. The number of hydrogen-bond donors (Lipinski definition) is 0. The molecule has 4 heteroatoms. The average Bonchev–Trinajstić information content (AvgIpc) is 2.62. The van der Waals surface area contributed by atoms with Gasteiger partial charge in [0.1, 0.15) is 11.0 Å². The molecule has 0 saturated heterocycles. The monoisotopic (exact) mass is 288 g/mol. The zero-order valence-corrected chi connectivity index (χ0v) is 11.3. The van der Waals surface area contributed by atoms with Gasteiger partial charge in [-0.1, -0.05) is 31.4 Å². The molecule has 0 atom stereocenters. The molecule has 0 unspecified atom stereocenters. The van der Waals surface area contributed by atoms with Crippen LogP contribution in [0.1, 0.15) is 44.1 Å². The van der Waals surface area contributed by atoms with Gasteiger partial charge in [0.25, 0.3) is 0 Å². The molecule has 0 spiro atoms. The summed E-state index contributed by atoms with van der Waals surface area (Å²) in [6, 6.07) is 0. The maximum absolute atomic E-state index is 6.06. The molecular weight excluding hydrogens is 275 g/mol. The molecule has 2 rings (SSSR count). The third-order valence-electron chi connectivity index (χ3n) is 3.22. The Balaban J connectivity index is 2.45. The summed E-state index contributed by atoms with van der Waals surface area (Å²) in [4.78, 5) is 8.94. The maximum atomic E-state index is 6.06. The van der Waals surface area contributed by atoms with Crippen molar-refractivity contribution in [1.29, 1.82) is 0 Å². The van der Waals surface area contributed by atoms with Crippen LogP contribution in [0.4, 0.5) is 0 Å². The van der Waals surface area contributed by atoms with Gasteiger partial charge in [-0.2, -0.15) is 0 Å². The van der Waals surface area contributed by atoms with Gasteiger partial charge in [0.15, 0.2) is 0 Å². The first-order valence-corrected chi connectivity index (χ1v) is 6.40. The highest BCUT2D eigenvalue weighted by atomic mass is 79.9. The third kappa shape index (κ3) is 2.04. The smallest absolute Gasteiger partial charge is 0.147 e. The molecule has 1 aromatic rings. The standard InChI is InChI=1S/C11H14BrClN2/c1-7-8(12)9(13)15-10(14-7)11(2)5-3-4-6-11/h3-6H2,1-2H3. The molecule has 15 heavy (non-hydrogen) atoms. The van der Waals surface area contributed by atoms with Gasteiger partial charge in [-0.3, -0.25) is 0 Å². The highest BCUT2D eigenvalue weighted by molar-refractivity contribution is 9.10. The lowest BCUT2D eigenvalue weighted by Crippen LogP contribution is -2.21. The minimum Gasteiger partial charge on any atom is -0.236 e. The number of halogens is 2. The fraction of sp³-hybridized carbons (Fsp3) is 0.636. The first-order valence-electron chi connectivity index (χ1n) is 5.23. The van der Waals surface area contributed by atoms with Gasteiger partial charge in [-0.05, 0) is 35.7 Å². The second kappa shape index (κ2) is 4.02. The van der Waals surface area contributed by atoms with Crippen molar-refractivity contribution in [3.63, 3.8) is 0 Å². The lowest BCUT2D eigenvalue weighted by molar-refractivity contribution is 0.457. The van der Waals surface area contributed by atoms with Gasteiger partial charge < -0.3 is 0 Å². The molecule has 0 bridgehead atoms. The Kier molecular flexibility index (Phi) is 3.04. The van der Waals surface area contributed by atoms with E-state index >= 15 is 0 Å². The SMILES string of the molecule is Cc1nc(C2(C)CCCC2)nc(Cl)c1Br. The molecule has 0 aromatic carbocycles. The van der Waals surface area contributed by atoms with E-state index in [1.54, 1.807) is 0 Å². The Morgan fingerprint density at radius 3 is 2.40 bits per heavy atom. The molecule has 0 radical (unpaired) electrons. The van der Waals surface area contributed by atoms with Crippen LogP contribution in [-0.4, -0.2) is 9.97 Å². The molecule has 2 nitrogen and oxygen atoms in total. The van der Waals surface area contributed by atoms with Gasteiger partial charge >= 0.3 is 0 Å². The van der Waals surface area contributed by atoms with E-state index in [9.17, 15) is 0 Å². The molecular formula is C11H14BrClN2. The Labute approximate surface area is 104 Å². The van der Waals surface area contributed by atoms with E-state index < -0.39 is 0 Å². The van der Waals surface area contributed by atoms with E-state index in [-0.39, 0.29) is 5.41 Å². The van der Waals surface area contributed by atoms with Crippen molar-refractivity contribution in [2.24, 2.45) is 0 Å². The molecule has 1 aliphatic carbocycles. The summed E-state index contributed by atoms with van der Waals surface area (Å²) >= 11 is 9.44. The largest absolute Gasteiger partial charge is 0.236 e. The van der Waals surface area contributed by atoms with Crippen LogP contribution in [0.15, 0.2) is 4.47 Å². The van der Waals surface area contributed by atoms with Gasteiger partial charge in [0, 0.05) is 5.41 Å². The molecule has 1 aliphatic rings. The first-order chi connectivity index (χ1) is 7.03. The number of hydrogen-bond acceptors (Lipinski definition) is 2. The summed E-state index contributed by atoms with van der Waals surface area (Å²) in [6.07, 6.45) is 4.88. The normalized spacial score (nSPS) is 19.5. The zero-order chi connectivity index (χ0) is 11.1. The van der Waals surface area contributed by atoms with E-state index in [2.05, 4.69) is 32.8 Å². The highest BCUT2D eigenvalue weighted by Crippen LogP contribution is 2.40. The number of nitrogens with zero attached hydrogens (tertiary/aromatic N) is 2. The number of aromatic nitrogens is 2. The van der Waals surface area contributed by atoms with Gasteiger partial charge in [0.2, 0.25) is 0 Å². The van der Waals surface area contributed by atoms with Crippen molar-refractivity contribution >= 4 is 27.5 Å². The molecule has 82 valence electrons. The Hall–Kier alpha value is -0.150. The molecule has 0 aliphatic heterocycles. The van der Waals surface area contributed by atoms with Crippen LogP contribution in [0.2, 0.25) is 5.15 Å². The molecule has 0 amide bonds. The van der Waals surface area contributed by atoms with Crippen LogP contribution in [0.25, 0.3) is 0 Å². The first kappa shape index (κ1) is 11.3. The van der Waals surface area contributed by atoms with Crippen LogP contribution in [0.3, 0.4) is 0 Å². The van der Waals surface area contributed by atoms with Crippen LogP contribution >= 0.6 is 27.5 Å². The van der Waals surface area contributed by atoms with Crippen molar-refractivity contribution in [3.05, 3.63) is 21.1 Å². The van der Waals surface area contributed by atoms with Crippen LogP contribution < -0.4 is 0 Å². The van der Waals surface area contributed by atoms with Crippen LogP contribution in [0.5, 0.6) is 0 Å². The van der Waals surface area contributed by atoms with Crippen molar-refractivity contribution < 1.29 is 0 Å². The van der Waals surface area contributed by atoms with Crippen LogP contribution in [0, 0.1) is 6.92 Å². The predicted octanol–water partition coefficient (Wildman–Crippen LogP) is 4.03. The molecule has 1 fully saturated rings. The quantitative estimate of drug-likeness (QED) is 0.729. The Morgan fingerprint density at radius 1 is 1.27 bits per heavy atom. The summed E-state index contributed by atoms with van der Waals surface area (Å²) in [5.74, 6) is 0.908. The lowest BCUT2D eigenvalue weighted by Gasteiger charge is -2.22. The van der Waals surface area contributed by atoms with Gasteiger partial charge in [0.05, 0.1) is 10.2 Å². The fourth-order valence-electron chi connectivity index (χ4n) is 2.17. The fourth-order valence-corrected chi connectivity index (χ4v) is 2.57. The second-order valence-electron chi connectivity index (χ2n) is 4.51. The van der Waals surface area contributed by atoms with E-state index in [0.29, 0.717) is 5.15 Å². The third-order valence-corrected chi connectivity index (χ3v) is 4.67. The van der Waals surface area contributed by atoms with Gasteiger partial charge in [-0.15, -0.1) is 0 Å². The van der Waals surface area contributed by atoms with E-state index in [4.69, 9.17) is 11.6 Å². The topological polar surface area (TPSA) is 25.8 Å². The highest BCUT2D eigenvalue weighted by Gasteiger charge is 2.34. The van der Waals surface area contributed by atoms with Crippen molar-refractivity contribution in [3.8, 4) is 0 Å². The zero-order valence-electron chi connectivity index (χ0n) is 8.98. The van der Waals surface area contributed by atoms with E-state index in [1.807, 2.05) is 6.92 Å². The summed E-state index contributed by atoms with van der Waals surface area (Å²) in [7, 11) is 0. The Bertz CT molecular complexity index is 363. The minimum absolute atomic E-state index is 0.134. The lowest BCUT2D eigenvalue weighted by atomic mass is 9.88. The summed E-state index contributed by atoms with van der Waals surface area (Å²) in [5, 5.41) is 0.533. The predicted molar refractivity (Wildman–Crippen MR) is 65.3 cm³/mol. The number of aryl methyl sites for hydroxylation is 1. The number of rotatable bonds is 1. The average molecular weight is 290 g/mol. The van der Waals surface area contributed by atoms with Gasteiger partial charge in [-0.25, -0.2) is 9.97 Å². The summed E-state index contributed by atoms with van der Waals surface area (Å²) in [5.41, 5.74) is 1.06. The van der Waals surface area contributed by atoms with E-state index in [1.165, 1.54) is 25.7 Å². The molecule has 1 aromatic heterocycles. The summed E-state index contributed by atoms with van der Waals surface area (Å²) < 4.78 is 0.814.